The first-order valence-corrected chi connectivity index (χ1v) is 5.76. The lowest BCUT2D eigenvalue weighted by Gasteiger charge is -2.27. The van der Waals surface area contributed by atoms with Crippen molar-refractivity contribution in [3.8, 4) is 5.75 Å². The van der Waals surface area contributed by atoms with Crippen molar-refractivity contribution in [3.63, 3.8) is 0 Å². The zero-order chi connectivity index (χ0) is 11.5. The number of hydrogen-bond donors (Lipinski definition) is 1. The van der Waals surface area contributed by atoms with Crippen molar-refractivity contribution >= 4 is 12.4 Å². The van der Waals surface area contributed by atoms with Crippen molar-refractivity contribution in [3.05, 3.63) is 28.8 Å². The molecule has 96 valence electrons. The van der Waals surface area contributed by atoms with Crippen LogP contribution in [-0.4, -0.2) is 36.3 Å². The lowest BCUT2D eigenvalue weighted by atomic mass is 10.1. The topological polar surface area (TPSA) is 32.7 Å². The van der Waals surface area contributed by atoms with Gasteiger partial charge in [0.25, 0.3) is 0 Å². The third-order valence-corrected chi connectivity index (χ3v) is 3.02. The van der Waals surface area contributed by atoms with E-state index < -0.39 is 0 Å². The number of hydrogen-bond acceptors (Lipinski definition) is 3. The summed E-state index contributed by atoms with van der Waals surface area (Å²) in [4.78, 5) is 2.32. The Hall–Kier alpha value is -0.770. The van der Waals surface area contributed by atoms with Crippen molar-refractivity contribution in [1.29, 1.82) is 0 Å². The number of aryl methyl sites for hydroxylation is 2. The second-order valence-electron chi connectivity index (χ2n) is 4.48. The monoisotopic (exact) mass is 257 g/mol. The quantitative estimate of drug-likeness (QED) is 0.882. The van der Waals surface area contributed by atoms with E-state index in [1.807, 2.05) is 13.0 Å². The van der Waals surface area contributed by atoms with Crippen LogP contribution in [0.3, 0.4) is 0 Å². The third kappa shape index (κ3) is 3.60. The van der Waals surface area contributed by atoms with Crippen LogP contribution in [-0.2, 0) is 11.3 Å². The number of morpholine rings is 1. The molecule has 0 bridgehead atoms. The maximum atomic E-state index is 9.99. The van der Waals surface area contributed by atoms with Gasteiger partial charge in [0.2, 0.25) is 0 Å². The molecule has 0 aromatic heterocycles. The highest BCUT2D eigenvalue weighted by Gasteiger charge is 2.13. The van der Waals surface area contributed by atoms with Crippen LogP contribution in [0.1, 0.15) is 16.7 Å². The number of rotatable bonds is 2. The van der Waals surface area contributed by atoms with E-state index in [9.17, 15) is 5.11 Å². The molecule has 1 aromatic rings. The molecule has 0 radical (unpaired) electrons. The molecule has 0 amide bonds. The minimum atomic E-state index is 0. The second kappa shape index (κ2) is 6.24. The van der Waals surface area contributed by atoms with Gasteiger partial charge in [-0.05, 0) is 19.4 Å². The fourth-order valence-corrected chi connectivity index (χ4v) is 2.17. The summed E-state index contributed by atoms with van der Waals surface area (Å²) in [5.74, 6) is 0.442. The molecule has 1 aliphatic heterocycles. The molecule has 0 spiro atoms. The van der Waals surface area contributed by atoms with E-state index in [2.05, 4.69) is 17.9 Å². The van der Waals surface area contributed by atoms with Crippen molar-refractivity contribution in [2.75, 3.05) is 26.3 Å². The van der Waals surface area contributed by atoms with Crippen LogP contribution >= 0.6 is 12.4 Å². The molecule has 2 rings (SSSR count). The van der Waals surface area contributed by atoms with E-state index in [4.69, 9.17) is 4.74 Å². The Morgan fingerprint density at radius 2 is 1.88 bits per heavy atom. The minimum Gasteiger partial charge on any atom is -0.507 e. The number of halogens is 1. The summed E-state index contributed by atoms with van der Waals surface area (Å²) in [7, 11) is 0. The van der Waals surface area contributed by atoms with Crippen LogP contribution in [0.25, 0.3) is 0 Å². The van der Waals surface area contributed by atoms with Gasteiger partial charge in [-0.15, -0.1) is 12.4 Å². The fourth-order valence-electron chi connectivity index (χ4n) is 2.17. The van der Waals surface area contributed by atoms with E-state index in [0.29, 0.717) is 5.75 Å². The van der Waals surface area contributed by atoms with Crippen LogP contribution < -0.4 is 0 Å². The highest BCUT2D eigenvalue weighted by molar-refractivity contribution is 5.85. The maximum Gasteiger partial charge on any atom is 0.122 e. The lowest BCUT2D eigenvalue weighted by molar-refractivity contribution is 0.0338. The average molecular weight is 258 g/mol. The Morgan fingerprint density at radius 3 is 2.53 bits per heavy atom. The Kier molecular flexibility index (Phi) is 5.25. The fraction of sp³-hybridized carbons (Fsp3) is 0.538. The number of phenols is 1. The van der Waals surface area contributed by atoms with Gasteiger partial charge in [-0.25, -0.2) is 0 Å². The van der Waals surface area contributed by atoms with E-state index in [-0.39, 0.29) is 12.4 Å². The molecule has 4 heteroatoms. The summed E-state index contributed by atoms with van der Waals surface area (Å²) in [5, 5.41) is 9.99. The van der Waals surface area contributed by atoms with Gasteiger partial charge in [0.15, 0.2) is 0 Å². The molecule has 1 heterocycles. The molecule has 0 unspecified atom stereocenters. The molecule has 1 N–H and O–H groups in total. The third-order valence-electron chi connectivity index (χ3n) is 3.02. The molecule has 0 atom stereocenters. The summed E-state index contributed by atoms with van der Waals surface area (Å²) in [5.41, 5.74) is 3.20. The summed E-state index contributed by atoms with van der Waals surface area (Å²) in [6.07, 6.45) is 0. The molecule has 1 aromatic carbocycles. The number of phenolic OH excluding ortho intramolecular Hbond substituents is 1. The van der Waals surface area contributed by atoms with Gasteiger partial charge in [-0.1, -0.05) is 17.7 Å². The standard InChI is InChI=1S/C13H19NO2.ClH/c1-10-7-11(2)13(15)12(8-10)9-14-3-5-16-6-4-14;/h7-8,15H,3-6,9H2,1-2H3;1H. The van der Waals surface area contributed by atoms with Gasteiger partial charge in [0, 0.05) is 25.2 Å². The Labute approximate surface area is 109 Å². The number of aromatic hydroxyl groups is 1. The molecule has 0 saturated carbocycles. The Balaban J connectivity index is 0.00000144. The van der Waals surface area contributed by atoms with E-state index >= 15 is 0 Å². The average Bonchev–Trinajstić information content (AvgIpc) is 2.27. The smallest absolute Gasteiger partial charge is 0.122 e. The van der Waals surface area contributed by atoms with Crippen molar-refractivity contribution < 1.29 is 9.84 Å². The maximum absolute atomic E-state index is 9.99. The molecule has 17 heavy (non-hydrogen) atoms. The van der Waals surface area contributed by atoms with E-state index in [1.54, 1.807) is 0 Å². The second-order valence-corrected chi connectivity index (χ2v) is 4.48. The van der Waals surface area contributed by atoms with Crippen molar-refractivity contribution in [2.45, 2.75) is 20.4 Å². The first-order chi connectivity index (χ1) is 7.66. The molecular weight excluding hydrogens is 238 g/mol. The summed E-state index contributed by atoms with van der Waals surface area (Å²) >= 11 is 0. The normalized spacial score (nSPS) is 16.6. The van der Waals surface area contributed by atoms with Gasteiger partial charge in [-0.3, -0.25) is 4.90 Å². The van der Waals surface area contributed by atoms with Gasteiger partial charge in [0.1, 0.15) is 5.75 Å². The molecule has 0 aliphatic carbocycles. The molecule has 1 aliphatic rings. The highest BCUT2D eigenvalue weighted by Crippen LogP contribution is 2.25. The van der Waals surface area contributed by atoms with Gasteiger partial charge in [0.05, 0.1) is 13.2 Å². The lowest BCUT2D eigenvalue weighted by Crippen LogP contribution is -2.35. The first kappa shape index (κ1) is 14.3. The minimum absolute atomic E-state index is 0. The molecular formula is C13H20ClNO2. The Bertz CT molecular complexity index is 376. The van der Waals surface area contributed by atoms with Crippen LogP contribution in [0, 0.1) is 13.8 Å². The molecule has 1 fully saturated rings. The predicted molar refractivity (Wildman–Crippen MR) is 70.9 cm³/mol. The number of ether oxygens (including phenoxy) is 1. The van der Waals surface area contributed by atoms with Gasteiger partial charge >= 0.3 is 0 Å². The van der Waals surface area contributed by atoms with Crippen molar-refractivity contribution in [1.82, 2.24) is 4.90 Å². The zero-order valence-corrected chi connectivity index (χ0v) is 11.2. The van der Waals surface area contributed by atoms with Gasteiger partial charge in [-0.2, -0.15) is 0 Å². The highest BCUT2D eigenvalue weighted by atomic mass is 35.5. The summed E-state index contributed by atoms with van der Waals surface area (Å²) in [6, 6.07) is 4.08. The van der Waals surface area contributed by atoms with Crippen LogP contribution in [0.2, 0.25) is 0 Å². The summed E-state index contributed by atoms with van der Waals surface area (Å²) < 4.78 is 5.31. The largest absolute Gasteiger partial charge is 0.507 e. The molecule has 1 saturated heterocycles. The number of nitrogens with zero attached hydrogens (tertiary/aromatic N) is 1. The van der Waals surface area contributed by atoms with E-state index in [1.165, 1.54) is 5.56 Å². The van der Waals surface area contributed by atoms with Crippen molar-refractivity contribution in [2.24, 2.45) is 0 Å². The zero-order valence-electron chi connectivity index (χ0n) is 10.4. The SMILES string of the molecule is Cc1cc(C)c(O)c(CN2CCOCC2)c1.Cl. The molecule has 3 nitrogen and oxygen atoms in total. The first-order valence-electron chi connectivity index (χ1n) is 5.76. The number of benzene rings is 1. The predicted octanol–water partition coefficient (Wildman–Crippen LogP) is 2.26. The van der Waals surface area contributed by atoms with Gasteiger partial charge < -0.3 is 9.84 Å². The van der Waals surface area contributed by atoms with Crippen LogP contribution in [0.15, 0.2) is 12.1 Å². The van der Waals surface area contributed by atoms with E-state index in [0.717, 1.165) is 44.0 Å². The Morgan fingerprint density at radius 1 is 1.24 bits per heavy atom. The van der Waals surface area contributed by atoms with Crippen LogP contribution in [0.4, 0.5) is 0 Å². The van der Waals surface area contributed by atoms with Crippen LogP contribution in [0.5, 0.6) is 5.75 Å². The summed E-state index contributed by atoms with van der Waals surface area (Å²) in [6.45, 7) is 8.33.